The van der Waals surface area contributed by atoms with Gasteiger partial charge >= 0.3 is 0 Å². The van der Waals surface area contributed by atoms with Crippen LogP contribution in [0.3, 0.4) is 0 Å². The van der Waals surface area contributed by atoms with E-state index in [1.165, 1.54) is 0 Å². The van der Waals surface area contributed by atoms with Crippen LogP contribution in [-0.4, -0.2) is 54.8 Å². The minimum atomic E-state index is 0.0345. The van der Waals surface area contributed by atoms with Gasteiger partial charge in [-0.25, -0.2) is 4.98 Å². The van der Waals surface area contributed by atoms with Crippen molar-refractivity contribution in [2.24, 2.45) is 0 Å². The number of nitrogens with zero attached hydrogens (tertiary/aromatic N) is 6. The smallest absolute Gasteiger partial charge is 0.272 e. The zero-order valence-electron chi connectivity index (χ0n) is 15.7. The summed E-state index contributed by atoms with van der Waals surface area (Å²) in [5, 5.41) is 12.1. The Morgan fingerprint density at radius 1 is 1.07 bits per heavy atom. The minimum Gasteiger partial charge on any atom is -0.337 e. The van der Waals surface area contributed by atoms with Crippen molar-refractivity contribution in [3.05, 3.63) is 60.2 Å². The molecule has 4 heterocycles. The van der Waals surface area contributed by atoms with Crippen LogP contribution in [0.5, 0.6) is 0 Å². The molecule has 1 fully saturated rings. The number of fused-ring (bicyclic) bond motifs is 1. The van der Waals surface area contributed by atoms with Gasteiger partial charge in [-0.15, -0.1) is 10.2 Å². The number of carbonyl (C=O) groups is 1. The van der Waals surface area contributed by atoms with Crippen molar-refractivity contribution in [3.63, 3.8) is 0 Å². The molecule has 0 atom stereocenters. The molecule has 1 saturated heterocycles. The number of amides is 1. The Kier molecular flexibility index (Phi) is 4.40. The van der Waals surface area contributed by atoms with E-state index in [-0.39, 0.29) is 5.91 Å². The molecule has 2 aliphatic heterocycles. The molecule has 0 saturated carbocycles. The number of benzene rings is 1. The Hall–Kier alpha value is -3.00. The molecule has 1 aromatic carbocycles. The molecule has 5 rings (SSSR count). The highest BCUT2D eigenvalue weighted by Crippen LogP contribution is 2.28. The largest absolute Gasteiger partial charge is 0.337 e. The maximum Gasteiger partial charge on any atom is 0.272 e. The van der Waals surface area contributed by atoms with Crippen molar-refractivity contribution in [3.8, 4) is 5.69 Å². The van der Waals surface area contributed by atoms with Crippen LogP contribution in [-0.2, 0) is 13.1 Å². The first-order chi connectivity index (χ1) is 13.8. The second-order valence-electron chi connectivity index (χ2n) is 7.35. The number of likely N-dealkylation sites (tertiary alicyclic amines) is 1. The molecular formula is C20H23N7O. The van der Waals surface area contributed by atoms with Gasteiger partial charge in [-0.2, -0.15) is 0 Å². The van der Waals surface area contributed by atoms with E-state index in [1.807, 2.05) is 39.8 Å². The Labute approximate surface area is 163 Å². The standard InChI is InChI=1S/C20H23N7O/c28-20(17-12-22-14-27(17)16-4-2-1-3-5-16)25-9-6-15(7-10-25)19-24-23-18-13-21-8-11-26(18)19/h1-5,12,14-15,21H,6-11,13H2. The normalized spacial score (nSPS) is 17.5. The van der Waals surface area contributed by atoms with Crippen molar-refractivity contribution in [1.82, 2.24) is 34.5 Å². The number of para-hydroxylation sites is 1. The number of imidazole rings is 1. The number of rotatable bonds is 3. The molecule has 2 aliphatic rings. The van der Waals surface area contributed by atoms with E-state index in [0.717, 1.165) is 62.9 Å². The molecule has 8 nitrogen and oxygen atoms in total. The van der Waals surface area contributed by atoms with E-state index < -0.39 is 0 Å². The van der Waals surface area contributed by atoms with E-state index in [2.05, 4.69) is 25.1 Å². The van der Waals surface area contributed by atoms with Crippen LogP contribution < -0.4 is 5.32 Å². The van der Waals surface area contributed by atoms with Gasteiger partial charge in [-0.3, -0.25) is 9.36 Å². The topological polar surface area (TPSA) is 80.9 Å². The lowest BCUT2D eigenvalue weighted by atomic mass is 9.95. The summed E-state index contributed by atoms with van der Waals surface area (Å²) in [5.74, 6) is 2.50. The quantitative estimate of drug-likeness (QED) is 0.750. The molecule has 0 spiro atoms. The highest BCUT2D eigenvalue weighted by atomic mass is 16.2. The number of hydrogen-bond acceptors (Lipinski definition) is 5. The predicted octanol–water partition coefficient (Wildman–Crippen LogP) is 1.59. The molecule has 3 aromatic rings. The Morgan fingerprint density at radius 3 is 2.71 bits per heavy atom. The first-order valence-corrected chi connectivity index (χ1v) is 9.81. The van der Waals surface area contributed by atoms with E-state index >= 15 is 0 Å². The SMILES string of the molecule is O=C(c1cncn1-c1ccccc1)N1CCC(c2nnc3n2CCNC3)CC1. The average molecular weight is 377 g/mol. The van der Waals surface area contributed by atoms with Gasteiger partial charge < -0.3 is 14.8 Å². The number of carbonyl (C=O) groups excluding carboxylic acids is 1. The fraction of sp³-hybridized carbons (Fsp3) is 0.400. The van der Waals surface area contributed by atoms with Crippen molar-refractivity contribution < 1.29 is 4.79 Å². The number of piperidine rings is 1. The molecule has 2 aromatic heterocycles. The highest BCUT2D eigenvalue weighted by Gasteiger charge is 2.30. The van der Waals surface area contributed by atoms with Gasteiger partial charge in [0.25, 0.3) is 5.91 Å². The average Bonchev–Trinajstić information content (AvgIpc) is 3.41. The van der Waals surface area contributed by atoms with Crippen LogP contribution >= 0.6 is 0 Å². The molecule has 1 N–H and O–H groups in total. The number of hydrogen-bond donors (Lipinski definition) is 1. The van der Waals surface area contributed by atoms with E-state index in [9.17, 15) is 4.79 Å². The summed E-state index contributed by atoms with van der Waals surface area (Å²) < 4.78 is 4.11. The molecule has 1 amide bonds. The molecule has 0 aliphatic carbocycles. The third-order valence-electron chi connectivity index (χ3n) is 5.69. The van der Waals surface area contributed by atoms with Gasteiger partial charge in [0.15, 0.2) is 0 Å². The third kappa shape index (κ3) is 2.99. The van der Waals surface area contributed by atoms with Crippen LogP contribution in [0.15, 0.2) is 42.9 Å². The third-order valence-corrected chi connectivity index (χ3v) is 5.69. The predicted molar refractivity (Wildman–Crippen MR) is 103 cm³/mol. The number of nitrogens with one attached hydrogen (secondary N) is 1. The van der Waals surface area contributed by atoms with Gasteiger partial charge in [0, 0.05) is 37.8 Å². The van der Waals surface area contributed by atoms with Gasteiger partial charge in [-0.1, -0.05) is 18.2 Å². The lowest BCUT2D eigenvalue weighted by molar-refractivity contribution is 0.0702. The first kappa shape index (κ1) is 17.1. The van der Waals surface area contributed by atoms with Crippen molar-refractivity contribution in [1.29, 1.82) is 0 Å². The van der Waals surface area contributed by atoms with Crippen LogP contribution in [0.25, 0.3) is 5.69 Å². The molecule has 144 valence electrons. The molecule has 28 heavy (non-hydrogen) atoms. The van der Waals surface area contributed by atoms with Crippen LogP contribution in [0.4, 0.5) is 0 Å². The van der Waals surface area contributed by atoms with E-state index in [4.69, 9.17) is 0 Å². The maximum atomic E-state index is 13.1. The van der Waals surface area contributed by atoms with Crippen LogP contribution in [0.1, 0.15) is 40.9 Å². The van der Waals surface area contributed by atoms with Gasteiger partial charge in [0.05, 0.1) is 19.1 Å². The summed E-state index contributed by atoms with van der Waals surface area (Å²) >= 11 is 0. The summed E-state index contributed by atoms with van der Waals surface area (Å²) in [6, 6.07) is 9.85. The van der Waals surface area contributed by atoms with Crippen LogP contribution in [0, 0.1) is 0 Å². The summed E-state index contributed by atoms with van der Waals surface area (Å²) in [7, 11) is 0. The molecule has 0 radical (unpaired) electrons. The zero-order chi connectivity index (χ0) is 18.9. The molecule has 8 heteroatoms. The zero-order valence-corrected chi connectivity index (χ0v) is 15.7. The summed E-state index contributed by atoms with van der Waals surface area (Å²) in [5.41, 5.74) is 1.55. The van der Waals surface area contributed by atoms with E-state index in [1.54, 1.807) is 12.5 Å². The summed E-state index contributed by atoms with van der Waals surface area (Å²) in [4.78, 5) is 19.2. The van der Waals surface area contributed by atoms with Crippen LogP contribution in [0.2, 0.25) is 0 Å². The maximum absolute atomic E-state index is 13.1. The van der Waals surface area contributed by atoms with Crippen molar-refractivity contribution in [2.45, 2.75) is 31.8 Å². The molecule has 0 bridgehead atoms. The lowest BCUT2D eigenvalue weighted by Gasteiger charge is -2.32. The van der Waals surface area contributed by atoms with Crippen molar-refractivity contribution >= 4 is 5.91 Å². The number of aromatic nitrogens is 5. The van der Waals surface area contributed by atoms with Gasteiger partial charge in [0.1, 0.15) is 17.3 Å². The fourth-order valence-electron chi connectivity index (χ4n) is 4.17. The van der Waals surface area contributed by atoms with Crippen molar-refractivity contribution in [2.75, 3.05) is 19.6 Å². The van der Waals surface area contributed by atoms with Gasteiger partial charge in [0.2, 0.25) is 0 Å². The summed E-state index contributed by atoms with van der Waals surface area (Å²) in [6.07, 6.45) is 5.18. The fourth-order valence-corrected chi connectivity index (χ4v) is 4.17. The first-order valence-electron chi connectivity index (χ1n) is 9.81. The lowest BCUT2D eigenvalue weighted by Crippen LogP contribution is -2.39. The Balaban J connectivity index is 1.30. The van der Waals surface area contributed by atoms with Gasteiger partial charge in [-0.05, 0) is 25.0 Å². The Bertz CT molecular complexity index is 970. The second kappa shape index (κ2) is 7.20. The van der Waals surface area contributed by atoms with E-state index in [0.29, 0.717) is 11.6 Å². The monoisotopic (exact) mass is 377 g/mol. The Morgan fingerprint density at radius 2 is 1.89 bits per heavy atom. The highest BCUT2D eigenvalue weighted by molar-refractivity contribution is 5.93. The summed E-state index contributed by atoms with van der Waals surface area (Å²) in [6.45, 7) is 4.12. The molecular weight excluding hydrogens is 354 g/mol. The second-order valence-corrected chi connectivity index (χ2v) is 7.35. The minimum absolute atomic E-state index is 0.0345. The molecule has 0 unspecified atom stereocenters.